The van der Waals surface area contributed by atoms with E-state index in [1.165, 1.54) is 34.6 Å². The van der Waals surface area contributed by atoms with Gasteiger partial charge in [0, 0.05) is 22.9 Å². The van der Waals surface area contributed by atoms with Crippen molar-refractivity contribution in [2.75, 3.05) is 19.8 Å². The molecular weight excluding hydrogens is 275 g/mol. The van der Waals surface area contributed by atoms with Crippen LogP contribution >= 0.6 is 11.3 Å². The maximum absolute atomic E-state index is 11.8. The van der Waals surface area contributed by atoms with Gasteiger partial charge in [0.15, 0.2) is 0 Å². The van der Waals surface area contributed by atoms with Gasteiger partial charge in [-0.3, -0.25) is 0 Å². The van der Waals surface area contributed by atoms with Gasteiger partial charge >= 0.3 is 6.18 Å². The summed E-state index contributed by atoms with van der Waals surface area (Å²) < 4.78 is 39.9. The molecule has 1 heterocycles. The van der Waals surface area contributed by atoms with Gasteiger partial charge in [-0.1, -0.05) is 0 Å². The number of ether oxygens (including phenoxy) is 1. The van der Waals surface area contributed by atoms with Crippen molar-refractivity contribution in [2.45, 2.75) is 38.4 Å². The fourth-order valence-corrected chi connectivity index (χ4v) is 3.41. The second-order valence-corrected chi connectivity index (χ2v) is 5.93. The number of fused-ring (bicyclic) bond motifs is 1. The minimum Gasteiger partial charge on any atom is -0.372 e. The molecular formula is C13H18F3NOS. The molecule has 0 spiro atoms. The molecule has 2 nitrogen and oxygen atoms in total. The first-order chi connectivity index (χ1) is 9.04. The van der Waals surface area contributed by atoms with Crippen molar-refractivity contribution in [1.82, 2.24) is 5.32 Å². The molecule has 0 amide bonds. The molecule has 19 heavy (non-hydrogen) atoms. The van der Waals surface area contributed by atoms with E-state index in [2.05, 4.69) is 16.1 Å². The standard InChI is InChI=1S/C13H18F3NOS/c14-13(15,16)9-18-6-2-5-17-8-11-7-10-3-1-4-12(10)19-11/h7,17H,1-6,8-9H2. The number of alkyl halides is 3. The van der Waals surface area contributed by atoms with Gasteiger partial charge in [-0.15, -0.1) is 11.3 Å². The van der Waals surface area contributed by atoms with Gasteiger partial charge in [0.05, 0.1) is 0 Å². The fourth-order valence-electron chi connectivity index (χ4n) is 2.18. The fraction of sp³-hybridized carbons (Fsp3) is 0.692. The predicted octanol–water partition coefficient (Wildman–Crippen LogP) is 3.30. The molecule has 1 aromatic rings. The second-order valence-electron chi connectivity index (χ2n) is 4.71. The van der Waals surface area contributed by atoms with Crippen LogP contribution in [0.1, 0.15) is 28.2 Å². The van der Waals surface area contributed by atoms with Crippen LogP contribution in [0.25, 0.3) is 0 Å². The molecule has 1 aliphatic carbocycles. The van der Waals surface area contributed by atoms with E-state index in [1.807, 2.05) is 11.3 Å². The maximum Gasteiger partial charge on any atom is 0.411 e. The molecule has 0 radical (unpaired) electrons. The molecule has 0 saturated carbocycles. The van der Waals surface area contributed by atoms with Gasteiger partial charge in [-0.25, -0.2) is 0 Å². The summed E-state index contributed by atoms with van der Waals surface area (Å²) in [4.78, 5) is 2.83. The highest BCUT2D eigenvalue weighted by atomic mass is 32.1. The number of nitrogens with one attached hydrogen (secondary N) is 1. The van der Waals surface area contributed by atoms with Crippen molar-refractivity contribution in [2.24, 2.45) is 0 Å². The third kappa shape index (κ3) is 5.12. The summed E-state index contributed by atoms with van der Waals surface area (Å²) in [5, 5.41) is 3.24. The molecule has 6 heteroatoms. The maximum atomic E-state index is 11.8. The Bertz CT molecular complexity index is 382. The van der Waals surface area contributed by atoms with Gasteiger partial charge in [-0.05, 0) is 43.9 Å². The summed E-state index contributed by atoms with van der Waals surface area (Å²) in [5.74, 6) is 0. The van der Waals surface area contributed by atoms with Gasteiger partial charge in [0.25, 0.3) is 0 Å². The average molecular weight is 293 g/mol. The van der Waals surface area contributed by atoms with Crippen molar-refractivity contribution >= 4 is 11.3 Å². The topological polar surface area (TPSA) is 21.3 Å². The number of hydrogen-bond donors (Lipinski definition) is 1. The van der Waals surface area contributed by atoms with Gasteiger partial charge in [-0.2, -0.15) is 13.2 Å². The molecule has 1 N–H and O–H groups in total. The lowest BCUT2D eigenvalue weighted by molar-refractivity contribution is -0.173. The third-order valence-corrected chi connectivity index (χ3v) is 4.24. The minimum atomic E-state index is -4.22. The highest BCUT2D eigenvalue weighted by Crippen LogP contribution is 2.30. The smallest absolute Gasteiger partial charge is 0.372 e. The number of rotatable bonds is 7. The Morgan fingerprint density at radius 3 is 2.89 bits per heavy atom. The van der Waals surface area contributed by atoms with Crippen molar-refractivity contribution in [1.29, 1.82) is 0 Å². The zero-order chi connectivity index (χ0) is 13.7. The summed E-state index contributed by atoms with van der Waals surface area (Å²) in [6, 6.07) is 2.25. The summed E-state index contributed by atoms with van der Waals surface area (Å²) in [7, 11) is 0. The van der Waals surface area contributed by atoms with Gasteiger partial charge < -0.3 is 10.1 Å². The predicted molar refractivity (Wildman–Crippen MR) is 69.5 cm³/mol. The molecule has 0 saturated heterocycles. The summed E-state index contributed by atoms with van der Waals surface area (Å²) in [6.45, 7) is 0.482. The Labute approximate surface area is 115 Å². The molecule has 108 valence electrons. The Kier molecular flexibility index (Phi) is 5.24. The zero-order valence-corrected chi connectivity index (χ0v) is 11.5. The van der Waals surface area contributed by atoms with E-state index in [4.69, 9.17) is 0 Å². The number of thiophene rings is 1. The molecule has 0 fully saturated rings. The van der Waals surface area contributed by atoms with E-state index in [1.54, 1.807) is 0 Å². The van der Waals surface area contributed by atoms with Crippen LogP contribution in [-0.2, 0) is 24.1 Å². The SMILES string of the molecule is FC(F)(F)COCCCNCc1cc2c(s1)CCC2. The monoisotopic (exact) mass is 293 g/mol. The van der Waals surface area contributed by atoms with Crippen LogP contribution in [0.15, 0.2) is 6.07 Å². The lowest BCUT2D eigenvalue weighted by Gasteiger charge is -2.07. The summed E-state index contributed by atoms with van der Waals surface area (Å²) >= 11 is 1.85. The lowest BCUT2D eigenvalue weighted by Crippen LogP contribution is -2.20. The molecule has 0 bridgehead atoms. The molecule has 1 aromatic heterocycles. The first-order valence-corrected chi connectivity index (χ1v) is 7.32. The van der Waals surface area contributed by atoms with E-state index in [-0.39, 0.29) is 6.61 Å². The van der Waals surface area contributed by atoms with Crippen molar-refractivity contribution in [3.63, 3.8) is 0 Å². The minimum absolute atomic E-state index is 0.146. The Morgan fingerprint density at radius 2 is 2.16 bits per heavy atom. The van der Waals surface area contributed by atoms with E-state index in [0.29, 0.717) is 13.0 Å². The van der Waals surface area contributed by atoms with Crippen molar-refractivity contribution < 1.29 is 17.9 Å². The Hall–Kier alpha value is -0.590. The summed E-state index contributed by atoms with van der Waals surface area (Å²) in [6.07, 6.45) is 0.0416. The normalized spacial score (nSPS) is 14.9. The van der Waals surface area contributed by atoms with Crippen LogP contribution < -0.4 is 5.32 Å². The third-order valence-electron chi connectivity index (χ3n) is 3.00. The molecule has 0 aliphatic heterocycles. The average Bonchev–Trinajstić information content (AvgIpc) is 2.86. The number of hydrogen-bond acceptors (Lipinski definition) is 3. The molecule has 0 atom stereocenters. The lowest BCUT2D eigenvalue weighted by atomic mass is 10.2. The van der Waals surface area contributed by atoms with Crippen LogP contribution in [0, 0.1) is 0 Å². The first-order valence-electron chi connectivity index (χ1n) is 6.50. The first kappa shape index (κ1) is 14.8. The van der Waals surface area contributed by atoms with Crippen LogP contribution in [0.3, 0.4) is 0 Å². The molecule has 0 aromatic carbocycles. The van der Waals surface area contributed by atoms with Crippen LogP contribution in [0.2, 0.25) is 0 Å². The Balaban J connectivity index is 1.52. The Morgan fingerprint density at radius 1 is 1.32 bits per heavy atom. The van der Waals surface area contributed by atoms with Crippen molar-refractivity contribution in [3.8, 4) is 0 Å². The van der Waals surface area contributed by atoms with E-state index < -0.39 is 12.8 Å². The van der Waals surface area contributed by atoms with Gasteiger partial charge in [0.2, 0.25) is 0 Å². The van der Waals surface area contributed by atoms with Crippen molar-refractivity contribution in [3.05, 3.63) is 21.4 Å². The summed E-state index contributed by atoms with van der Waals surface area (Å²) in [5.41, 5.74) is 1.48. The van der Waals surface area contributed by atoms with E-state index in [0.717, 1.165) is 6.54 Å². The van der Waals surface area contributed by atoms with Gasteiger partial charge in [0.1, 0.15) is 6.61 Å². The molecule has 2 rings (SSSR count). The van der Waals surface area contributed by atoms with E-state index >= 15 is 0 Å². The second kappa shape index (κ2) is 6.72. The quantitative estimate of drug-likeness (QED) is 0.779. The van der Waals surface area contributed by atoms with E-state index in [9.17, 15) is 13.2 Å². The van der Waals surface area contributed by atoms with Crippen LogP contribution in [-0.4, -0.2) is 25.9 Å². The van der Waals surface area contributed by atoms with Crippen LogP contribution in [0.5, 0.6) is 0 Å². The molecule has 1 aliphatic rings. The number of aryl methyl sites for hydroxylation is 2. The number of halogens is 3. The zero-order valence-electron chi connectivity index (χ0n) is 10.7. The highest BCUT2D eigenvalue weighted by molar-refractivity contribution is 7.12. The largest absolute Gasteiger partial charge is 0.411 e. The molecule has 0 unspecified atom stereocenters. The highest BCUT2D eigenvalue weighted by Gasteiger charge is 2.27. The van der Waals surface area contributed by atoms with Crippen LogP contribution in [0.4, 0.5) is 13.2 Å².